The molecule has 144 valence electrons. The van der Waals surface area contributed by atoms with E-state index in [0.717, 1.165) is 32.5 Å². The number of carbonyl (C=O) groups excluding carboxylic acids is 1. The van der Waals surface area contributed by atoms with Crippen LogP contribution in [0.25, 0.3) is 0 Å². The van der Waals surface area contributed by atoms with Crippen LogP contribution in [0.4, 0.5) is 16.3 Å². The Morgan fingerprint density at radius 3 is 2.67 bits per heavy atom. The second-order valence-corrected chi connectivity index (χ2v) is 7.08. The minimum absolute atomic E-state index is 0.266. The smallest absolute Gasteiger partial charge is 0.319 e. The number of nitrogen functional groups attached to an aromatic ring is 1. The quantitative estimate of drug-likeness (QED) is 0.622. The molecule has 7 nitrogen and oxygen atoms in total. The van der Waals surface area contributed by atoms with Gasteiger partial charge in [0.25, 0.3) is 0 Å². The molecule has 7 heteroatoms. The number of piperidine rings is 1. The van der Waals surface area contributed by atoms with Crippen LogP contribution < -0.4 is 16.4 Å². The first-order chi connectivity index (χ1) is 13.0. The number of nitrogens with zero attached hydrogens (tertiary/aromatic N) is 2. The minimum atomic E-state index is -0.635. The number of amides is 2. The Kier molecular flexibility index (Phi) is 6.26. The second-order valence-electron chi connectivity index (χ2n) is 7.08. The van der Waals surface area contributed by atoms with E-state index in [1.54, 1.807) is 18.3 Å². The van der Waals surface area contributed by atoms with Crippen molar-refractivity contribution in [3.8, 4) is 0 Å². The van der Waals surface area contributed by atoms with E-state index in [2.05, 4.69) is 32.7 Å². The molecule has 1 aromatic carbocycles. The van der Waals surface area contributed by atoms with E-state index in [9.17, 15) is 9.90 Å². The second kappa shape index (κ2) is 8.83. The first-order valence-electron chi connectivity index (χ1n) is 9.27. The number of carbonyl (C=O) groups is 1. The van der Waals surface area contributed by atoms with Gasteiger partial charge in [0.15, 0.2) is 0 Å². The van der Waals surface area contributed by atoms with Crippen molar-refractivity contribution in [1.82, 2.24) is 15.2 Å². The number of hydrogen-bond acceptors (Lipinski definition) is 5. The van der Waals surface area contributed by atoms with Crippen LogP contribution in [-0.2, 0) is 6.42 Å². The van der Waals surface area contributed by atoms with E-state index in [1.165, 1.54) is 5.56 Å². The van der Waals surface area contributed by atoms with Crippen molar-refractivity contribution >= 4 is 17.5 Å². The molecule has 2 amide bonds. The average Bonchev–Trinajstić information content (AvgIpc) is 2.64. The summed E-state index contributed by atoms with van der Waals surface area (Å²) < 4.78 is 0. The van der Waals surface area contributed by atoms with Gasteiger partial charge in [-0.3, -0.25) is 0 Å². The maximum Gasteiger partial charge on any atom is 0.319 e. The van der Waals surface area contributed by atoms with Crippen LogP contribution in [0.5, 0.6) is 0 Å². The number of nitrogens with two attached hydrogens (primary N) is 1. The van der Waals surface area contributed by atoms with Crippen LogP contribution in [0.15, 0.2) is 48.7 Å². The molecule has 2 aromatic rings. The highest BCUT2D eigenvalue weighted by atomic mass is 16.3. The van der Waals surface area contributed by atoms with Crippen molar-refractivity contribution in [2.45, 2.75) is 24.9 Å². The van der Waals surface area contributed by atoms with Gasteiger partial charge < -0.3 is 26.4 Å². The molecule has 2 heterocycles. The first kappa shape index (κ1) is 19.1. The van der Waals surface area contributed by atoms with Crippen molar-refractivity contribution in [3.63, 3.8) is 0 Å². The number of benzene rings is 1. The lowest BCUT2D eigenvalue weighted by Crippen LogP contribution is -2.47. The zero-order valence-electron chi connectivity index (χ0n) is 15.4. The van der Waals surface area contributed by atoms with E-state index in [4.69, 9.17) is 5.73 Å². The largest absolute Gasteiger partial charge is 0.389 e. The fraction of sp³-hybridized carbons (Fsp3) is 0.400. The standard InChI is InChI=1S/C20H27N5O2/c21-18-14-17(6-9-22-18)24-19(26)23-10-13-25-11-7-20(27,8-12-25)15-16-4-2-1-3-5-16/h1-6,9,14,27H,7-8,10-13,15H2,(H4,21,22,23,24,26). The number of pyridine rings is 1. The maximum absolute atomic E-state index is 11.9. The normalized spacial score (nSPS) is 16.6. The van der Waals surface area contributed by atoms with Crippen molar-refractivity contribution in [2.24, 2.45) is 0 Å². The van der Waals surface area contributed by atoms with Gasteiger partial charge in [0.2, 0.25) is 0 Å². The summed E-state index contributed by atoms with van der Waals surface area (Å²) in [5, 5.41) is 16.4. The molecule has 1 fully saturated rings. The summed E-state index contributed by atoms with van der Waals surface area (Å²) in [4.78, 5) is 18.1. The summed E-state index contributed by atoms with van der Waals surface area (Å²) in [7, 11) is 0. The van der Waals surface area contributed by atoms with Crippen molar-refractivity contribution < 1.29 is 9.90 Å². The minimum Gasteiger partial charge on any atom is -0.389 e. The zero-order chi connectivity index (χ0) is 19.1. The molecule has 1 saturated heterocycles. The lowest BCUT2D eigenvalue weighted by atomic mass is 9.85. The van der Waals surface area contributed by atoms with Crippen molar-refractivity contribution in [2.75, 3.05) is 37.2 Å². The molecule has 0 unspecified atom stereocenters. The molecule has 0 aliphatic carbocycles. The number of nitrogens with one attached hydrogen (secondary N) is 2. The third-order valence-electron chi connectivity index (χ3n) is 4.92. The molecule has 0 spiro atoms. The highest BCUT2D eigenvalue weighted by molar-refractivity contribution is 5.89. The summed E-state index contributed by atoms with van der Waals surface area (Å²) in [5.74, 6) is 0.365. The van der Waals surface area contributed by atoms with Crippen LogP contribution in [0.3, 0.4) is 0 Å². The van der Waals surface area contributed by atoms with Gasteiger partial charge in [-0.2, -0.15) is 0 Å². The van der Waals surface area contributed by atoms with E-state index in [1.807, 2.05) is 18.2 Å². The molecule has 0 atom stereocenters. The molecule has 5 N–H and O–H groups in total. The van der Waals surface area contributed by atoms with E-state index < -0.39 is 5.60 Å². The van der Waals surface area contributed by atoms with Gasteiger partial charge in [0.05, 0.1) is 5.60 Å². The lowest BCUT2D eigenvalue weighted by Gasteiger charge is -2.38. The van der Waals surface area contributed by atoms with Gasteiger partial charge in [-0.15, -0.1) is 0 Å². The number of aromatic nitrogens is 1. The molecular formula is C20H27N5O2. The van der Waals surface area contributed by atoms with Gasteiger partial charge in [-0.1, -0.05) is 30.3 Å². The van der Waals surface area contributed by atoms with Crippen LogP contribution in [0.1, 0.15) is 18.4 Å². The number of likely N-dealkylation sites (tertiary alicyclic amines) is 1. The SMILES string of the molecule is Nc1cc(NC(=O)NCCN2CCC(O)(Cc3ccccc3)CC2)ccn1. The first-order valence-corrected chi connectivity index (χ1v) is 9.27. The zero-order valence-corrected chi connectivity index (χ0v) is 15.4. The summed E-state index contributed by atoms with van der Waals surface area (Å²) in [5.41, 5.74) is 6.74. The molecule has 1 aliphatic rings. The maximum atomic E-state index is 11.9. The van der Waals surface area contributed by atoms with Crippen LogP contribution in [0, 0.1) is 0 Å². The fourth-order valence-corrected chi connectivity index (χ4v) is 3.37. The third-order valence-corrected chi connectivity index (χ3v) is 4.92. The molecule has 1 aromatic heterocycles. The van der Waals surface area contributed by atoms with Gasteiger partial charge in [0.1, 0.15) is 5.82 Å². The van der Waals surface area contributed by atoms with Gasteiger partial charge in [-0.05, 0) is 24.5 Å². The van der Waals surface area contributed by atoms with E-state index >= 15 is 0 Å². The summed E-state index contributed by atoms with van der Waals surface area (Å²) in [6, 6.07) is 13.1. The number of hydrogen-bond donors (Lipinski definition) is 4. The van der Waals surface area contributed by atoms with Gasteiger partial charge in [0, 0.05) is 50.6 Å². The van der Waals surface area contributed by atoms with Crippen LogP contribution in [0.2, 0.25) is 0 Å². The van der Waals surface area contributed by atoms with Crippen molar-refractivity contribution in [3.05, 3.63) is 54.2 Å². The molecular weight excluding hydrogens is 342 g/mol. The molecule has 0 bridgehead atoms. The number of urea groups is 1. The van der Waals surface area contributed by atoms with Gasteiger partial charge in [-0.25, -0.2) is 9.78 Å². The predicted octanol–water partition coefficient (Wildman–Crippen LogP) is 1.85. The molecule has 1 aliphatic heterocycles. The highest BCUT2D eigenvalue weighted by Gasteiger charge is 2.32. The van der Waals surface area contributed by atoms with Crippen LogP contribution >= 0.6 is 0 Å². The Labute approximate surface area is 159 Å². The molecule has 27 heavy (non-hydrogen) atoms. The Bertz CT molecular complexity index is 745. The molecule has 3 rings (SSSR count). The number of rotatable bonds is 6. The molecule has 0 radical (unpaired) electrons. The Morgan fingerprint density at radius 2 is 1.96 bits per heavy atom. The summed E-state index contributed by atoms with van der Waals surface area (Å²) >= 11 is 0. The summed E-state index contributed by atoms with van der Waals surface area (Å²) in [6.45, 7) is 2.96. The predicted molar refractivity (Wildman–Crippen MR) is 106 cm³/mol. The average molecular weight is 369 g/mol. The highest BCUT2D eigenvalue weighted by Crippen LogP contribution is 2.26. The van der Waals surface area contributed by atoms with Gasteiger partial charge >= 0.3 is 6.03 Å². The Balaban J connectivity index is 1.36. The molecule has 0 saturated carbocycles. The number of aliphatic hydroxyl groups is 1. The topological polar surface area (TPSA) is 104 Å². The lowest BCUT2D eigenvalue weighted by molar-refractivity contribution is -0.0201. The third kappa shape index (κ3) is 5.94. The Morgan fingerprint density at radius 1 is 1.22 bits per heavy atom. The van der Waals surface area contributed by atoms with E-state index in [0.29, 0.717) is 24.5 Å². The monoisotopic (exact) mass is 369 g/mol. The number of anilines is 2. The van der Waals surface area contributed by atoms with Crippen molar-refractivity contribution in [1.29, 1.82) is 0 Å². The Hall–Kier alpha value is -2.64. The summed E-state index contributed by atoms with van der Waals surface area (Å²) in [6.07, 6.45) is 3.72. The van der Waals surface area contributed by atoms with Crippen LogP contribution in [-0.4, -0.2) is 52.8 Å². The van der Waals surface area contributed by atoms with E-state index in [-0.39, 0.29) is 6.03 Å². The fourth-order valence-electron chi connectivity index (χ4n) is 3.37.